The second-order valence-corrected chi connectivity index (χ2v) is 3.08. The Balaban J connectivity index is 2.48. The highest BCUT2D eigenvalue weighted by Crippen LogP contribution is 2.12. The Kier molecular flexibility index (Phi) is 3.87. The largest absolute Gasteiger partial charge is 0.447 e. The van der Waals surface area contributed by atoms with Crippen LogP contribution in [0.25, 0.3) is 0 Å². The molecule has 0 saturated carbocycles. The summed E-state index contributed by atoms with van der Waals surface area (Å²) < 4.78 is 4.65. The van der Waals surface area contributed by atoms with E-state index in [1.807, 2.05) is 0 Å². The van der Waals surface area contributed by atoms with Crippen molar-refractivity contribution in [3.05, 3.63) is 5.51 Å². The maximum atomic E-state index is 11.1. The highest BCUT2D eigenvalue weighted by atomic mass is 35.5. The molecule has 1 amide bonds. The summed E-state index contributed by atoms with van der Waals surface area (Å²) in [6, 6.07) is 0. The second-order valence-electron chi connectivity index (χ2n) is 1.89. The molecular formula is C5H7ClN4O2S. The molecule has 1 aromatic heterocycles. The molecule has 0 aliphatic carbocycles. The summed E-state index contributed by atoms with van der Waals surface area (Å²) in [4.78, 5) is 11.1. The van der Waals surface area contributed by atoms with Gasteiger partial charge in [-0.2, -0.15) is 5.01 Å². The van der Waals surface area contributed by atoms with E-state index in [2.05, 4.69) is 14.9 Å². The number of hydrogen-bond donors (Lipinski definition) is 1. The van der Waals surface area contributed by atoms with Gasteiger partial charge in [-0.05, 0) is 0 Å². The summed E-state index contributed by atoms with van der Waals surface area (Å²) >= 11 is 6.45. The first-order valence-corrected chi connectivity index (χ1v) is 4.71. The van der Waals surface area contributed by atoms with Crippen LogP contribution in [0.1, 0.15) is 0 Å². The number of aromatic nitrogens is 2. The first-order chi connectivity index (χ1) is 6.25. The molecule has 0 bridgehead atoms. The molecule has 0 unspecified atom stereocenters. The van der Waals surface area contributed by atoms with Crippen LogP contribution in [0, 0.1) is 0 Å². The fourth-order valence-corrected chi connectivity index (χ4v) is 1.09. The van der Waals surface area contributed by atoms with Crippen molar-refractivity contribution in [2.75, 3.05) is 17.5 Å². The van der Waals surface area contributed by atoms with E-state index in [1.165, 1.54) is 5.51 Å². The van der Waals surface area contributed by atoms with Crippen LogP contribution >= 0.6 is 22.9 Å². The zero-order valence-electron chi connectivity index (χ0n) is 6.51. The van der Waals surface area contributed by atoms with Crippen molar-refractivity contribution in [1.29, 1.82) is 0 Å². The SMILES string of the molecule is NN(C(=O)OCCCl)c1nncs1. The number of nitrogens with two attached hydrogens (primary N) is 1. The van der Waals surface area contributed by atoms with Crippen molar-refractivity contribution in [2.24, 2.45) is 5.84 Å². The van der Waals surface area contributed by atoms with Crippen molar-refractivity contribution in [1.82, 2.24) is 10.2 Å². The summed E-state index contributed by atoms with van der Waals surface area (Å²) in [5.74, 6) is 5.58. The first-order valence-electron chi connectivity index (χ1n) is 3.29. The number of hydrogen-bond acceptors (Lipinski definition) is 6. The van der Waals surface area contributed by atoms with Gasteiger partial charge in [-0.3, -0.25) is 0 Å². The normalized spacial score (nSPS) is 9.69. The molecule has 1 heterocycles. The zero-order chi connectivity index (χ0) is 9.68. The molecular weight excluding hydrogens is 216 g/mol. The average molecular weight is 223 g/mol. The number of rotatable bonds is 3. The lowest BCUT2D eigenvalue weighted by atomic mass is 10.8. The summed E-state index contributed by atoms with van der Waals surface area (Å²) in [5, 5.41) is 8.16. The van der Waals surface area contributed by atoms with Gasteiger partial charge < -0.3 is 4.74 Å². The number of amides is 1. The molecule has 0 aromatic carbocycles. The number of ether oxygens (including phenoxy) is 1. The maximum Gasteiger partial charge on any atom is 0.430 e. The number of anilines is 1. The van der Waals surface area contributed by atoms with Gasteiger partial charge >= 0.3 is 6.09 Å². The van der Waals surface area contributed by atoms with Gasteiger partial charge in [-0.25, -0.2) is 10.6 Å². The second kappa shape index (κ2) is 4.95. The maximum absolute atomic E-state index is 11.1. The number of carbonyl (C=O) groups is 1. The minimum absolute atomic E-state index is 0.118. The van der Waals surface area contributed by atoms with Gasteiger partial charge in [0.15, 0.2) is 0 Å². The van der Waals surface area contributed by atoms with E-state index in [-0.39, 0.29) is 17.6 Å². The summed E-state index contributed by atoms with van der Waals surface area (Å²) in [5.41, 5.74) is 1.46. The fourth-order valence-electron chi connectivity index (χ4n) is 0.546. The molecule has 1 aromatic rings. The molecule has 13 heavy (non-hydrogen) atoms. The molecule has 6 nitrogen and oxygen atoms in total. The van der Waals surface area contributed by atoms with Gasteiger partial charge in [0, 0.05) is 0 Å². The van der Waals surface area contributed by atoms with Crippen molar-refractivity contribution >= 4 is 34.2 Å². The van der Waals surface area contributed by atoms with Gasteiger partial charge in [-0.1, -0.05) is 11.3 Å². The first kappa shape index (κ1) is 10.2. The Bertz CT molecular complexity index is 268. The fraction of sp³-hybridized carbons (Fsp3) is 0.400. The van der Waals surface area contributed by atoms with Crippen LogP contribution in [-0.2, 0) is 4.74 Å². The van der Waals surface area contributed by atoms with Crippen LogP contribution < -0.4 is 10.9 Å². The van der Waals surface area contributed by atoms with Crippen molar-refractivity contribution in [2.45, 2.75) is 0 Å². The Morgan fingerprint density at radius 1 is 1.85 bits per heavy atom. The highest BCUT2D eigenvalue weighted by molar-refractivity contribution is 7.13. The lowest BCUT2D eigenvalue weighted by molar-refractivity contribution is 0.160. The van der Waals surface area contributed by atoms with E-state index in [0.717, 1.165) is 16.3 Å². The van der Waals surface area contributed by atoms with Gasteiger partial charge in [0.1, 0.15) is 12.1 Å². The van der Waals surface area contributed by atoms with Gasteiger partial charge in [0.25, 0.3) is 0 Å². The van der Waals surface area contributed by atoms with Crippen LogP contribution in [0.2, 0.25) is 0 Å². The molecule has 2 N–H and O–H groups in total. The summed E-state index contributed by atoms with van der Waals surface area (Å²) in [7, 11) is 0. The number of halogens is 1. The van der Waals surface area contributed by atoms with Crippen LogP contribution in [0.3, 0.4) is 0 Å². The van der Waals surface area contributed by atoms with Crippen molar-refractivity contribution < 1.29 is 9.53 Å². The van der Waals surface area contributed by atoms with E-state index in [1.54, 1.807) is 0 Å². The molecule has 0 saturated heterocycles. The predicted molar refractivity (Wildman–Crippen MR) is 48.6 cm³/mol. The lowest BCUT2D eigenvalue weighted by Gasteiger charge is -2.11. The van der Waals surface area contributed by atoms with E-state index in [4.69, 9.17) is 17.4 Å². The van der Waals surface area contributed by atoms with Gasteiger partial charge in [-0.15, -0.1) is 21.8 Å². The van der Waals surface area contributed by atoms with E-state index in [0.29, 0.717) is 0 Å². The lowest BCUT2D eigenvalue weighted by Crippen LogP contribution is -2.38. The molecule has 0 radical (unpaired) electrons. The Morgan fingerprint density at radius 3 is 3.15 bits per heavy atom. The molecule has 0 atom stereocenters. The third-order valence-electron chi connectivity index (χ3n) is 1.05. The van der Waals surface area contributed by atoms with Crippen LogP contribution in [0.15, 0.2) is 5.51 Å². The minimum atomic E-state index is -0.697. The van der Waals surface area contributed by atoms with E-state index < -0.39 is 6.09 Å². The number of alkyl halides is 1. The molecule has 1 rings (SSSR count). The third-order valence-corrected chi connectivity index (χ3v) is 1.90. The molecule has 0 spiro atoms. The van der Waals surface area contributed by atoms with Gasteiger partial charge in [0.2, 0.25) is 5.13 Å². The predicted octanol–water partition coefficient (Wildman–Crippen LogP) is 0.594. The molecule has 0 fully saturated rings. The average Bonchev–Trinajstić information content (AvgIpc) is 2.65. The Morgan fingerprint density at radius 2 is 2.62 bits per heavy atom. The van der Waals surface area contributed by atoms with Crippen molar-refractivity contribution in [3.63, 3.8) is 0 Å². The zero-order valence-corrected chi connectivity index (χ0v) is 8.09. The van der Waals surface area contributed by atoms with E-state index in [9.17, 15) is 4.79 Å². The number of nitrogens with zero attached hydrogens (tertiary/aromatic N) is 3. The Labute approximate surface area is 83.2 Å². The summed E-state index contributed by atoms with van der Waals surface area (Å²) in [6.07, 6.45) is -0.697. The quantitative estimate of drug-likeness (QED) is 0.350. The minimum Gasteiger partial charge on any atom is -0.447 e. The number of carbonyl (C=O) groups excluding carboxylic acids is 1. The van der Waals surface area contributed by atoms with Crippen LogP contribution in [0.4, 0.5) is 9.93 Å². The van der Waals surface area contributed by atoms with E-state index >= 15 is 0 Å². The highest BCUT2D eigenvalue weighted by Gasteiger charge is 2.15. The monoisotopic (exact) mass is 222 g/mol. The van der Waals surface area contributed by atoms with Gasteiger partial charge in [0.05, 0.1) is 5.88 Å². The third kappa shape index (κ3) is 2.79. The topological polar surface area (TPSA) is 81.3 Å². The molecule has 0 aliphatic heterocycles. The molecule has 72 valence electrons. The smallest absolute Gasteiger partial charge is 0.430 e. The Hall–Kier alpha value is -0.920. The molecule has 0 aliphatic rings. The van der Waals surface area contributed by atoms with Crippen LogP contribution in [-0.4, -0.2) is 28.8 Å². The molecule has 8 heteroatoms. The standard InChI is InChI=1S/C5H7ClN4O2S/c6-1-2-12-5(11)10(7)4-9-8-3-13-4/h3H,1-2,7H2. The van der Waals surface area contributed by atoms with Crippen molar-refractivity contribution in [3.8, 4) is 0 Å². The van der Waals surface area contributed by atoms with Crippen LogP contribution in [0.5, 0.6) is 0 Å². The summed E-state index contributed by atoms with van der Waals surface area (Å²) in [6.45, 7) is 0.118. The number of hydrazine groups is 1.